The molecule has 0 saturated heterocycles. The molecule has 0 amide bonds. The van der Waals surface area contributed by atoms with E-state index in [-0.39, 0.29) is 22.8 Å². The van der Waals surface area contributed by atoms with Gasteiger partial charge < -0.3 is 10.3 Å². The van der Waals surface area contributed by atoms with Crippen molar-refractivity contribution in [3.8, 4) is 11.8 Å². The summed E-state index contributed by atoms with van der Waals surface area (Å²) in [5.74, 6) is 4.75. The van der Waals surface area contributed by atoms with E-state index < -0.39 is 15.8 Å². The highest BCUT2D eigenvalue weighted by atomic mass is 32.2. The number of nitrogens with two attached hydrogens (primary N) is 1. The van der Waals surface area contributed by atoms with Gasteiger partial charge in [-0.05, 0) is 25.1 Å². The Morgan fingerprint density at radius 3 is 2.76 bits per heavy atom. The van der Waals surface area contributed by atoms with Gasteiger partial charge in [0.05, 0.1) is 17.0 Å². The van der Waals surface area contributed by atoms with E-state index in [1.165, 1.54) is 18.2 Å². The van der Waals surface area contributed by atoms with Crippen molar-refractivity contribution in [3.05, 3.63) is 41.4 Å². The molecule has 0 radical (unpaired) electrons. The lowest BCUT2D eigenvalue weighted by Gasteiger charge is -2.05. The Labute approximate surface area is 121 Å². The van der Waals surface area contributed by atoms with Crippen molar-refractivity contribution in [1.82, 2.24) is 5.16 Å². The minimum atomic E-state index is -3.95. The maximum Gasteiger partial charge on any atom is 0.263 e. The summed E-state index contributed by atoms with van der Waals surface area (Å²) in [6, 6.07) is 4.82. The van der Waals surface area contributed by atoms with Gasteiger partial charge in [0.1, 0.15) is 11.6 Å². The molecule has 0 aliphatic heterocycles. The van der Waals surface area contributed by atoms with Crippen molar-refractivity contribution in [3.63, 3.8) is 0 Å². The van der Waals surface area contributed by atoms with E-state index in [1.54, 1.807) is 6.92 Å². The van der Waals surface area contributed by atoms with E-state index in [9.17, 15) is 12.8 Å². The number of nitrogens with one attached hydrogen (secondary N) is 1. The second-order valence-electron chi connectivity index (χ2n) is 4.08. The predicted molar refractivity (Wildman–Crippen MR) is 74.4 cm³/mol. The molecular weight excluding hydrogens is 297 g/mol. The Kier molecular flexibility index (Phi) is 4.26. The highest BCUT2D eigenvalue weighted by Gasteiger charge is 2.17. The van der Waals surface area contributed by atoms with E-state index in [2.05, 4.69) is 21.7 Å². The molecule has 0 bridgehead atoms. The van der Waals surface area contributed by atoms with Gasteiger partial charge in [-0.2, -0.15) is 0 Å². The monoisotopic (exact) mass is 309 g/mol. The molecule has 0 aliphatic rings. The zero-order valence-corrected chi connectivity index (χ0v) is 11.9. The SMILES string of the molecule is Cc1cc(NS(=O)(=O)c2ccc(C#CCN)c(F)c2)no1. The van der Waals surface area contributed by atoms with E-state index in [4.69, 9.17) is 10.3 Å². The highest BCUT2D eigenvalue weighted by Crippen LogP contribution is 2.18. The Hall–Kier alpha value is -2.37. The van der Waals surface area contributed by atoms with E-state index in [0.29, 0.717) is 5.76 Å². The summed E-state index contributed by atoms with van der Waals surface area (Å²) >= 11 is 0. The summed E-state index contributed by atoms with van der Waals surface area (Å²) in [5.41, 5.74) is 5.28. The van der Waals surface area contributed by atoms with Gasteiger partial charge >= 0.3 is 0 Å². The van der Waals surface area contributed by atoms with Gasteiger partial charge in [0.2, 0.25) is 0 Å². The molecule has 1 aromatic carbocycles. The van der Waals surface area contributed by atoms with Gasteiger partial charge in [0.15, 0.2) is 5.82 Å². The Bertz CT molecular complexity index is 819. The minimum absolute atomic E-state index is 0.0277. The number of anilines is 1. The summed E-state index contributed by atoms with van der Waals surface area (Å²) in [7, 11) is -3.95. The Morgan fingerprint density at radius 2 is 2.19 bits per heavy atom. The number of hydrogen-bond donors (Lipinski definition) is 2. The zero-order valence-electron chi connectivity index (χ0n) is 11.1. The van der Waals surface area contributed by atoms with Crippen LogP contribution in [0.1, 0.15) is 11.3 Å². The number of halogens is 1. The quantitative estimate of drug-likeness (QED) is 0.831. The fraction of sp³-hybridized carbons (Fsp3) is 0.154. The van der Waals surface area contributed by atoms with Crippen LogP contribution >= 0.6 is 0 Å². The van der Waals surface area contributed by atoms with E-state index in [0.717, 1.165) is 6.07 Å². The molecule has 1 heterocycles. The highest BCUT2D eigenvalue weighted by molar-refractivity contribution is 7.92. The molecule has 110 valence electrons. The molecule has 0 atom stereocenters. The lowest BCUT2D eigenvalue weighted by molar-refractivity contribution is 0.400. The molecule has 6 nitrogen and oxygen atoms in total. The molecule has 21 heavy (non-hydrogen) atoms. The summed E-state index contributed by atoms with van der Waals surface area (Å²) in [6.07, 6.45) is 0. The van der Waals surface area contributed by atoms with Crippen LogP contribution in [0.15, 0.2) is 33.7 Å². The fourth-order valence-electron chi connectivity index (χ4n) is 1.52. The number of benzene rings is 1. The molecule has 3 N–H and O–H groups in total. The van der Waals surface area contributed by atoms with Crippen LogP contribution in [0.4, 0.5) is 10.2 Å². The molecule has 0 spiro atoms. The molecule has 0 aliphatic carbocycles. The third kappa shape index (κ3) is 3.59. The van der Waals surface area contributed by atoms with Crippen LogP contribution in [0.2, 0.25) is 0 Å². The first-order valence-corrected chi connectivity index (χ1v) is 7.35. The van der Waals surface area contributed by atoms with E-state index in [1.807, 2.05) is 0 Å². The topological polar surface area (TPSA) is 98.2 Å². The lowest BCUT2D eigenvalue weighted by Crippen LogP contribution is -2.13. The number of hydrogen-bond acceptors (Lipinski definition) is 5. The largest absolute Gasteiger partial charge is 0.360 e. The van der Waals surface area contributed by atoms with Crippen LogP contribution in [-0.2, 0) is 10.0 Å². The standard InChI is InChI=1S/C13H12FN3O3S/c1-9-7-13(16-20-9)17-21(18,19)11-5-4-10(3-2-6-15)12(14)8-11/h4-5,7-8H,6,15H2,1H3,(H,16,17). The van der Waals surface area contributed by atoms with Crippen molar-refractivity contribution in [2.24, 2.45) is 5.73 Å². The summed E-state index contributed by atoms with van der Waals surface area (Å²) < 4.78 is 44.9. The van der Waals surface area contributed by atoms with Gasteiger partial charge in [0, 0.05) is 6.07 Å². The first-order valence-electron chi connectivity index (χ1n) is 5.87. The number of aryl methyl sites for hydroxylation is 1. The second-order valence-corrected chi connectivity index (χ2v) is 5.76. The molecule has 0 saturated carbocycles. The van der Waals surface area contributed by atoms with Crippen molar-refractivity contribution in [2.45, 2.75) is 11.8 Å². The van der Waals surface area contributed by atoms with E-state index >= 15 is 0 Å². The van der Waals surface area contributed by atoms with Gasteiger partial charge in [-0.15, -0.1) is 0 Å². The number of sulfonamides is 1. The molecule has 0 unspecified atom stereocenters. The van der Waals surface area contributed by atoms with Crippen LogP contribution in [-0.4, -0.2) is 20.1 Å². The fourth-order valence-corrected chi connectivity index (χ4v) is 2.52. The number of nitrogens with zero attached hydrogens (tertiary/aromatic N) is 1. The van der Waals surface area contributed by atoms with Gasteiger partial charge in [0.25, 0.3) is 10.0 Å². The molecule has 2 aromatic rings. The normalized spacial score (nSPS) is 10.8. The second kappa shape index (κ2) is 5.95. The molecule has 2 rings (SSSR count). The maximum absolute atomic E-state index is 13.8. The third-order valence-corrected chi connectivity index (χ3v) is 3.80. The van der Waals surface area contributed by atoms with Gasteiger partial charge in [-0.3, -0.25) is 4.72 Å². The summed E-state index contributed by atoms with van der Waals surface area (Å²) in [5, 5.41) is 3.51. The number of rotatable bonds is 3. The zero-order chi connectivity index (χ0) is 15.5. The van der Waals surface area contributed by atoms with Crippen molar-refractivity contribution in [1.29, 1.82) is 0 Å². The average Bonchev–Trinajstić information content (AvgIpc) is 2.82. The molecule has 8 heteroatoms. The predicted octanol–water partition coefficient (Wildman–Crippen LogP) is 1.23. The van der Waals surface area contributed by atoms with Crippen LogP contribution < -0.4 is 10.5 Å². The summed E-state index contributed by atoms with van der Waals surface area (Å²) in [4.78, 5) is -0.237. The Morgan fingerprint density at radius 1 is 1.43 bits per heavy atom. The minimum Gasteiger partial charge on any atom is -0.360 e. The van der Waals surface area contributed by atoms with Crippen LogP contribution in [0.3, 0.4) is 0 Å². The third-order valence-electron chi connectivity index (χ3n) is 2.44. The van der Waals surface area contributed by atoms with Gasteiger partial charge in [-0.25, -0.2) is 12.8 Å². The first kappa shape index (κ1) is 15.0. The summed E-state index contributed by atoms with van der Waals surface area (Å²) in [6.45, 7) is 1.71. The smallest absolute Gasteiger partial charge is 0.263 e. The van der Waals surface area contributed by atoms with Crippen LogP contribution in [0.25, 0.3) is 0 Å². The average molecular weight is 309 g/mol. The van der Waals surface area contributed by atoms with Crippen LogP contribution in [0.5, 0.6) is 0 Å². The maximum atomic E-state index is 13.8. The van der Waals surface area contributed by atoms with Crippen LogP contribution in [0, 0.1) is 24.6 Å². The first-order chi connectivity index (χ1) is 9.92. The number of aromatic nitrogens is 1. The molecule has 0 fully saturated rings. The Balaban J connectivity index is 2.30. The van der Waals surface area contributed by atoms with Crippen molar-refractivity contribution in [2.75, 3.05) is 11.3 Å². The van der Waals surface area contributed by atoms with Crippen molar-refractivity contribution >= 4 is 15.8 Å². The molecular formula is C13H12FN3O3S. The lowest BCUT2D eigenvalue weighted by atomic mass is 10.2. The van der Waals surface area contributed by atoms with Crippen molar-refractivity contribution < 1.29 is 17.3 Å². The molecule has 1 aromatic heterocycles. The van der Waals surface area contributed by atoms with Gasteiger partial charge in [-0.1, -0.05) is 17.0 Å².